The minimum absolute atomic E-state index is 0.282. The standard InChI is InChI=1S/C13H16O5/c14-11-12-9(17-13(11)15)6-10(18-12)16-7-8-4-2-1-3-5-8/h1-5,9-15H,6-7H2/t9-,10?,11-,12+,13?/m1/s1. The van der Waals surface area contributed by atoms with Crippen LogP contribution >= 0.6 is 0 Å². The fourth-order valence-corrected chi connectivity index (χ4v) is 2.37. The van der Waals surface area contributed by atoms with Crippen LogP contribution in [0.1, 0.15) is 12.0 Å². The maximum Gasteiger partial charge on any atom is 0.183 e. The first kappa shape index (κ1) is 12.1. The van der Waals surface area contributed by atoms with Crippen molar-refractivity contribution in [3.8, 4) is 0 Å². The Balaban J connectivity index is 1.52. The van der Waals surface area contributed by atoms with Gasteiger partial charge >= 0.3 is 0 Å². The lowest BCUT2D eigenvalue weighted by Gasteiger charge is -2.17. The lowest BCUT2D eigenvalue weighted by molar-refractivity contribution is -0.182. The van der Waals surface area contributed by atoms with Crippen molar-refractivity contribution in [2.24, 2.45) is 0 Å². The Morgan fingerprint density at radius 1 is 1.17 bits per heavy atom. The van der Waals surface area contributed by atoms with E-state index in [0.29, 0.717) is 13.0 Å². The molecule has 0 radical (unpaired) electrons. The molecule has 18 heavy (non-hydrogen) atoms. The summed E-state index contributed by atoms with van der Waals surface area (Å²) in [4.78, 5) is 0. The van der Waals surface area contributed by atoms with Gasteiger partial charge in [0.2, 0.25) is 0 Å². The van der Waals surface area contributed by atoms with Gasteiger partial charge in [-0.15, -0.1) is 0 Å². The molecule has 2 unspecified atom stereocenters. The fraction of sp³-hybridized carbons (Fsp3) is 0.538. The largest absolute Gasteiger partial charge is 0.385 e. The Bertz CT molecular complexity index is 396. The Kier molecular flexibility index (Phi) is 3.32. The number of aliphatic hydroxyl groups is 2. The molecule has 0 saturated carbocycles. The smallest absolute Gasteiger partial charge is 0.183 e. The summed E-state index contributed by atoms with van der Waals surface area (Å²) in [7, 11) is 0. The molecule has 0 aromatic heterocycles. The van der Waals surface area contributed by atoms with E-state index in [4.69, 9.17) is 14.2 Å². The van der Waals surface area contributed by atoms with Gasteiger partial charge in [-0.05, 0) is 5.56 Å². The average molecular weight is 252 g/mol. The van der Waals surface area contributed by atoms with Crippen molar-refractivity contribution >= 4 is 0 Å². The van der Waals surface area contributed by atoms with E-state index in [2.05, 4.69) is 0 Å². The highest BCUT2D eigenvalue weighted by molar-refractivity contribution is 5.13. The highest BCUT2D eigenvalue weighted by Crippen LogP contribution is 2.34. The van der Waals surface area contributed by atoms with Gasteiger partial charge in [0.1, 0.15) is 12.2 Å². The van der Waals surface area contributed by atoms with Crippen molar-refractivity contribution in [2.75, 3.05) is 0 Å². The normalized spacial score (nSPS) is 38.9. The Labute approximate surface area is 105 Å². The summed E-state index contributed by atoms with van der Waals surface area (Å²) in [5.74, 6) is 0. The molecule has 2 aliphatic heterocycles. The molecule has 2 aliphatic rings. The third kappa shape index (κ3) is 2.28. The summed E-state index contributed by atoms with van der Waals surface area (Å²) in [6, 6.07) is 9.81. The van der Waals surface area contributed by atoms with Gasteiger partial charge in [0, 0.05) is 6.42 Å². The molecule has 2 heterocycles. The van der Waals surface area contributed by atoms with Gasteiger partial charge in [-0.25, -0.2) is 0 Å². The van der Waals surface area contributed by atoms with Crippen molar-refractivity contribution in [1.82, 2.24) is 0 Å². The Hall–Kier alpha value is -0.980. The quantitative estimate of drug-likeness (QED) is 0.815. The molecule has 0 amide bonds. The van der Waals surface area contributed by atoms with E-state index < -0.39 is 18.5 Å². The van der Waals surface area contributed by atoms with Crippen LogP contribution in [0, 0.1) is 0 Å². The summed E-state index contributed by atoms with van der Waals surface area (Å²) < 4.78 is 16.3. The molecular formula is C13H16O5. The minimum Gasteiger partial charge on any atom is -0.385 e. The van der Waals surface area contributed by atoms with E-state index in [1.807, 2.05) is 30.3 Å². The second-order valence-corrected chi connectivity index (χ2v) is 4.62. The van der Waals surface area contributed by atoms with Crippen LogP contribution in [0.15, 0.2) is 30.3 Å². The number of ether oxygens (including phenoxy) is 3. The zero-order valence-electron chi connectivity index (χ0n) is 9.81. The van der Waals surface area contributed by atoms with Gasteiger partial charge in [0.25, 0.3) is 0 Å². The van der Waals surface area contributed by atoms with E-state index in [1.165, 1.54) is 0 Å². The van der Waals surface area contributed by atoms with Crippen molar-refractivity contribution in [1.29, 1.82) is 0 Å². The van der Waals surface area contributed by atoms with Crippen LogP contribution in [0.25, 0.3) is 0 Å². The summed E-state index contributed by atoms with van der Waals surface area (Å²) >= 11 is 0. The molecule has 0 spiro atoms. The van der Waals surface area contributed by atoms with Gasteiger partial charge in [-0.1, -0.05) is 30.3 Å². The highest BCUT2D eigenvalue weighted by Gasteiger charge is 2.50. The molecule has 1 aromatic rings. The summed E-state index contributed by atoms with van der Waals surface area (Å²) in [6.45, 7) is 0.462. The molecule has 2 N–H and O–H groups in total. The van der Waals surface area contributed by atoms with Crippen molar-refractivity contribution in [3.63, 3.8) is 0 Å². The van der Waals surface area contributed by atoms with E-state index in [0.717, 1.165) is 5.56 Å². The Morgan fingerprint density at radius 2 is 1.94 bits per heavy atom. The van der Waals surface area contributed by atoms with Crippen LogP contribution in [-0.2, 0) is 20.8 Å². The summed E-state index contributed by atoms with van der Waals surface area (Å²) in [5.41, 5.74) is 1.07. The van der Waals surface area contributed by atoms with Crippen LogP contribution in [0.4, 0.5) is 0 Å². The van der Waals surface area contributed by atoms with E-state index in [-0.39, 0.29) is 12.4 Å². The molecule has 2 fully saturated rings. The number of hydrogen-bond acceptors (Lipinski definition) is 5. The third-order valence-corrected chi connectivity index (χ3v) is 3.32. The van der Waals surface area contributed by atoms with Crippen LogP contribution in [0.5, 0.6) is 0 Å². The second-order valence-electron chi connectivity index (χ2n) is 4.62. The number of benzene rings is 1. The molecule has 5 atom stereocenters. The van der Waals surface area contributed by atoms with Crippen molar-refractivity contribution in [2.45, 2.75) is 43.9 Å². The number of hydrogen-bond donors (Lipinski definition) is 2. The van der Waals surface area contributed by atoms with Crippen molar-refractivity contribution < 1.29 is 24.4 Å². The molecule has 5 nitrogen and oxygen atoms in total. The van der Waals surface area contributed by atoms with Gasteiger partial charge in [0.05, 0.1) is 12.7 Å². The van der Waals surface area contributed by atoms with Crippen LogP contribution < -0.4 is 0 Å². The van der Waals surface area contributed by atoms with E-state index in [1.54, 1.807) is 0 Å². The maximum absolute atomic E-state index is 9.62. The molecule has 5 heteroatoms. The molecule has 2 saturated heterocycles. The first-order valence-electron chi connectivity index (χ1n) is 6.06. The summed E-state index contributed by atoms with van der Waals surface area (Å²) in [5, 5.41) is 18.9. The van der Waals surface area contributed by atoms with Crippen LogP contribution in [0.2, 0.25) is 0 Å². The predicted molar refractivity (Wildman–Crippen MR) is 61.4 cm³/mol. The minimum atomic E-state index is -1.14. The molecule has 0 aliphatic carbocycles. The average Bonchev–Trinajstić information content (AvgIpc) is 2.89. The fourth-order valence-electron chi connectivity index (χ4n) is 2.37. The molecular weight excluding hydrogens is 236 g/mol. The third-order valence-electron chi connectivity index (χ3n) is 3.32. The van der Waals surface area contributed by atoms with Crippen LogP contribution in [0.3, 0.4) is 0 Å². The maximum atomic E-state index is 9.62. The second kappa shape index (κ2) is 4.95. The number of aliphatic hydroxyl groups excluding tert-OH is 2. The van der Waals surface area contributed by atoms with Crippen molar-refractivity contribution in [3.05, 3.63) is 35.9 Å². The number of rotatable bonds is 3. The van der Waals surface area contributed by atoms with Gasteiger partial charge in [-0.3, -0.25) is 0 Å². The zero-order valence-corrected chi connectivity index (χ0v) is 9.81. The first-order valence-corrected chi connectivity index (χ1v) is 6.06. The Morgan fingerprint density at radius 3 is 2.67 bits per heavy atom. The summed E-state index contributed by atoms with van der Waals surface area (Å²) in [6.07, 6.45) is -2.75. The lowest BCUT2D eigenvalue weighted by atomic mass is 10.1. The monoisotopic (exact) mass is 252 g/mol. The SMILES string of the molecule is OC1O[C@@H]2CC(OCc3ccccc3)O[C@@H]2[C@H]1O. The van der Waals surface area contributed by atoms with Gasteiger partial charge < -0.3 is 24.4 Å². The zero-order chi connectivity index (χ0) is 12.5. The topological polar surface area (TPSA) is 68.2 Å². The van der Waals surface area contributed by atoms with Gasteiger partial charge in [-0.2, -0.15) is 0 Å². The lowest BCUT2D eigenvalue weighted by Crippen LogP contribution is -2.32. The molecule has 1 aromatic carbocycles. The highest BCUT2D eigenvalue weighted by atomic mass is 16.7. The predicted octanol–water partition coefficient (Wildman–Crippen LogP) is 0.396. The molecule has 98 valence electrons. The molecule has 0 bridgehead atoms. The van der Waals surface area contributed by atoms with E-state index in [9.17, 15) is 10.2 Å². The molecule has 3 rings (SSSR count). The van der Waals surface area contributed by atoms with Gasteiger partial charge in [0.15, 0.2) is 12.6 Å². The first-order chi connectivity index (χ1) is 8.74. The number of fused-ring (bicyclic) bond motifs is 1. The van der Waals surface area contributed by atoms with E-state index >= 15 is 0 Å². The van der Waals surface area contributed by atoms with Crippen LogP contribution in [-0.4, -0.2) is 41.1 Å².